The van der Waals surface area contributed by atoms with Gasteiger partial charge in [-0.3, -0.25) is 4.90 Å². The maximum Gasteiger partial charge on any atom is 0.243 e. The highest BCUT2D eigenvalue weighted by Crippen LogP contribution is 2.22. The number of morpholine rings is 1. The van der Waals surface area contributed by atoms with Gasteiger partial charge in [0.2, 0.25) is 11.7 Å². The summed E-state index contributed by atoms with van der Waals surface area (Å²) in [4.78, 5) is 6.68. The fourth-order valence-corrected chi connectivity index (χ4v) is 1.94. The Labute approximate surface area is 107 Å². The Bertz CT molecular complexity index is 380. The molecule has 0 radical (unpaired) electrons. The summed E-state index contributed by atoms with van der Waals surface area (Å²) in [5.41, 5.74) is 5.99. The van der Waals surface area contributed by atoms with E-state index in [2.05, 4.69) is 22.0 Å². The van der Waals surface area contributed by atoms with Gasteiger partial charge in [0.1, 0.15) is 6.10 Å². The van der Waals surface area contributed by atoms with Gasteiger partial charge < -0.3 is 15.0 Å². The summed E-state index contributed by atoms with van der Waals surface area (Å²) in [7, 11) is 0. The molecule has 6 heteroatoms. The van der Waals surface area contributed by atoms with E-state index in [9.17, 15) is 0 Å². The Morgan fingerprint density at radius 2 is 2.28 bits per heavy atom. The van der Waals surface area contributed by atoms with E-state index in [1.54, 1.807) is 0 Å². The lowest BCUT2D eigenvalue weighted by molar-refractivity contribution is -0.0334. The maximum atomic E-state index is 5.99. The second-order valence-electron chi connectivity index (χ2n) is 5.01. The molecule has 2 heterocycles. The first-order valence-electron chi connectivity index (χ1n) is 6.54. The monoisotopic (exact) mass is 254 g/mol. The van der Waals surface area contributed by atoms with Crippen LogP contribution in [0.4, 0.5) is 0 Å². The van der Waals surface area contributed by atoms with E-state index in [0.29, 0.717) is 18.3 Å². The molecule has 2 unspecified atom stereocenters. The molecule has 0 amide bonds. The Kier molecular flexibility index (Phi) is 4.31. The van der Waals surface area contributed by atoms with E-state index in [1.807, 2.05) is 13.8 Å². The molecule has 18 heavy (non-hydrogen) atoms. The molecule has 1 aliphatic heterocycles. The van der Waals surface area contributed by atoms with Crippen LogP contribution in [0.2, 0.25) is 0 Å². The van der Waals surface area contributed by atoms with Gasteiger partial charge in [-0.25, -0.2) is 0 Å². The summed E-state index contributed by atoms with van der Waals surface area (Å²) in [6, 6.07) is -0.211. The van der Waals surface area contributed by atoms with Crippen molar-refractivity contribution in [1.82, 2.24) is 15.0 Å². The number of nitrogens with zero attached hydrogens (tertiary/aromatic N) is 3. The van der Waals surface area contributed by atoms with Crippen LogP contribution >= 0.6 is 0 Å². The molecule has 1 fully saturated rings. The highest BCUT2D eigenvalue weighted by Gasteiger charge is 2.27. The lowest BCUT2D eigenvalue weighted by Crippen LogP contribution is -2.38. The number of likely N-dealkylation sites (N-methyl/N-ethyl adjacent to an activating group) is 1. The van der Waals surface area contributed by atoms with Crippen LogP contribution in [0.15, 0.2) is 4.52 Å². The van der Waals surface area contributed by atoms with Gasteiger partial charge in [0.15, 0.2) is 0 Å². The Hall–Kier alpha value is -0.980. The lowest BCUT2D eigenvalue weighted by Gasteiger charge is -2.30. The van der Waals surface area contributed by atoms with Gasteiger partial charge in [-0.1, -0.05) is 25.9 Å². The zero-order valence-corrected chi connectivity index (χ0v) is 11.3. The highest BCUT2D eigenvalue weighted by atomic mass is 16.5. The average molecular weight is 254 g/mol. The minimum absolute atomic E-state index is 0.101. The first kappa shape index (κ1) is 13.5. The molecular formula is C12H22N4O2. The van der Waals surface area contributed by atoms with Gasteiger partial charge in [0.05, 0.1) is 12.6 Å². The Balaban J connectivity index is 2.05. The van der Waals surface area contributed by atoms with Gasteiger partial charge in [0.25, 0.3) is 0 Å². The zero-order chi connectivity index (χ0) is 13.1. The molecule has 0 spiro atoms. The number of nitrogens with two attached hydrogens (primary N) is 1. The predicted octanol–water partition coefficient (Wildman–Crippen LogP) is 1.12. The average Bonchev–Trinajstić information content (AvgIpc) is 2.87. The van der Waals surface area contributed by atoms with E-state index in [0.717, 1.165) is 19.6 Å². The second-order valence-corrected chi connectivity index (χ2v) is 5.01. The van der Waals surface area contributed by atoms with Crippen molar-refractivity contribution in [3.63, 3.8) is 0 Å². The largest absolute Gasteiger partial charge is 0.367 e. The smallest absolute Gasteiger partial charge is 0.243 e. The standard InChI is InChI=1S/C12H22N4O2/c1-4-16-5-6-17-9(7-16)11-14-12(18-15-11)10(13)8(2)3/h8-10H,4-7,13H2,1-3H3. The number of aromatic nitrogens is 2. The third kappa shape index (κ3) is 2.88. The fourth-order valence-electron chi connectivity index (χ4n) is 1.94. The van der Waals surface area contributed by atoms with Crippen molar-refractivity contribution in [1.29, 1.82) is 0 Å². The van der Waals surface area contributed by atoms with E-state index in [1.165, 1.54) is 0 Å². The molecule has 2 atom stereocenters. The van der Waals surface area contributed by atoms with Crippen molar-refractivity contribution in [3.05, 3.63) is 11.7 Å². The normalized spacial score (nSPS) is 23.5. The molecular weight excluding hydrogens is 232 g/mol. The van der Waals surface area contributed by atoms with Crippen LogP contribution in [0.25, 0.3) is 0 Å². The minimum atomic E-state index is -0.211. The Morgan fingerprint density at radius 3 is 2.94 bits per heavy atom. The summed E-state index contributed by atoms with van der Waals surface area (Å²) >= 11 is 0. The Morgan fingerprint density at radius 1 is 1.50 bits per heavy atom. The minimum Gasteiger partial charge on any atom is -0.367 e. The van der Waals surface area contributed by atoms with Crippen molar-refractivity contribution in [2.24, 2.45) is 11.7 Å². The van der Waals surface area contributed by atoms with Crippen molar-refractivity contribution >= 4 is 0 Å². The third-order valence-corrected chi connectivity index (χ3v) is 3.35. The third-order valence-electron chi connectivity index (χ3n) is 3.35. The van der Waals surface area contributed by atoms with Crippen molar-refractivity contribution in [2.75, 3.05) is 26.2 Å². The van der Waals surface area contributed by atoms with Crippen molar-refractivity contribution in [2.45, 2.75) is 32.9 Å². The molecule has 1 aliphatic rings. The van der Waals surface area contributed by atoms with Crippen molar-refractivity contribution < 1.29 is 9.26 Å². The molecule has 6 nitrogen and oxygen atoms in total. The van der Waals surface area contributed by atoms with E-state index in [-0.39, 0.29) is 18.1 Å². The molecule has 1 aromatic heterocycles. The van der Waals surface area contributed by atoms with Crippen LogP contribution in [0.5, 0.6) is 0 Å². The quantitative estimate of drug-likeness (QED) is 0.867. The van der Waals surface area contributed by atoms with Crippen LogP contribution in [0.1, 0.15) is 44.6 Å². The van der Waals surface area contributed by atoms with E-state index in [4.69, 9.17) is 15.0 Å². The van der Waals surface area contributed by atoms with Gasteiger partial charge in [-0.05, 0) is 12.5 Å². The number of hydrogen-bond acceptors (Lipinski definition) is 6. The van der Waals surface area contributed by atoms with Gasteiger partial charge in [-0.2, -0.15) is 4.98 Å². The molecule has 0 aromatic carbocycles. The molecule has 2 rings (SSSR count). The number of ether oxygens (including phenoxy) is 1. The van der Waals surface area contributed by atoms with Crippen LogP contribution in [-0.4, -0.2) is 41.3 Å². The highest BCUT2D eigenvalue weighted by molar-refractivity contribution is 4.97. The molecule has 0 saturated carbocycles. The summed E-state index contributed by atoms with van der Waals surface area (Å²) in [6.07, 6.45) is -0.101. The predicted molar refractivity (Wildman–Crippen MR) is 66.9 cm³/mol. The fraction of sp³-hybridized carbons (Fsp3) is 0.833. The molecule has 1 aromatic rings. The number of rotatable bonds is 4. The van der Waals surface area contributed by atoms with Crippen LogP contribution < -0.4 is 5.73 Å². The summed E-state index contributed by atoms with van der Waals surface area (Å²) < 4.78 is 10.9. The number of hydrogen-bond donors (Lipinski definition) is 1. The van der Waals surface area contributed by atoms with Gasteiger partial charge >= 0.3 is 0 Å². The van der Waals surface area contributed by atoms with Gasteiger partial charge in [0, 0.05) is 13.1 Å². The SMILES string of the molecule is CCN1CCOC(c2noc(C(N)C(C)C)n2)C1. The molecule has 2 N–H and O–H groups in total. The first-order chi connectivity index (χ1) is 8.61. The molecule has 102 valence electrons. The van der Waals surface area contributed by atoms with Crippen molar-refractivity contribution in [3.8, 4) is 0 Å². The van der Waals surface area contributed by atoms with Crippen LogP contribution in [0.3, 0.4) is 0 Å². The molecule has 1 saturated heterocycles. The molecule has 0 bridgehead atoms. The summed E-state index contributed by atoms with van der Waals surface area (Å²) in [5.74, 6) is 1.38. The van der Waals surface area contributed by atoms with E-state index < -0.39 is 0 Å². The van der Waals surface area contributed by atoms with Crippen LogP contribution in [0, 0.1) is 5.92 Å². The second kappa shape index (κ2) is 5.77. The lowest BCUT2D eigenvalue weighted by atomic mass is 10.1. The van der Waals surface area contributed by atoms with Gasteiger partial charge in [-0.15, -0.1) is 0 Å². The van der Waals surface area contributed by atoms with Crippen LogP contribution in [-0.2, 0) is 4.74 Å². The molecule has 0 aliphatic carbocycles. The topological polar surface area (TPSA) is 77.4 Å². The summed E-state index contributed by atoms with van der Waals surface area (Å²) in [5, 5.41) is 3.99. The zero-order valence-electron chi connectivity index (χ0n) is 11.3. The maximum absolute atomic E-state index is 5.99. The summed E-state index contributed by atoms with van der Waals surface area (Å²) in [6.45, 7) is 9.69. The van der Waals surface area contributed by atoms with E-state index >= 15 is 0 Å². The first-order valence-corrected chi connectivity index (χ1v) is 6.54.